The molecule has 3 heteroatoms. The van der Waals surface area contributed by atoms with Gasteiger partial charge in [0.05, 0.1) is 11.2 Å². The van der Waals surface area contributed by atoms with Gasteiger partial charge in [0.1, 0.15) is 0 Å². The molecular weight excluding hydrogens is 208 g/mol. The number of hydrogen-bond donors (Lipinski definition) is 1. The van der Waals surface area contributed by atoms with E-state index in [1.54, 1.807) is 6.20 Å². The third kappa shape index (κ3) is 2.21. The van der Waals surface area contributed by atoms with E-state index >= 15 is 0 Å². The average molecular weight is 221 g/mol. The van der Waals surface area contributed by atoms with Crippen LogP contribution in [-0.2, 0) is 0 Å². The zero-order valence-corrected chi connectivity index (χ0v) is 9.55. The molecule has 1 aromatic heterocycles. The van der Waals surface area contributed by atoms with E-state index in [-0.39, 0.29) is 0 Å². The van der Waals surface area contributed by atoms with Gasteiger partial charge in [-0.2, -0.15) is 0 Å². The predicted octanol–water partition coefficient (Wildman–Crippen LogP) is 3.71. The highest BCUT2D eigenvalue weighted by Gasteiger charge is 2.04. The molecule has 0 spiro atoms. The molecule has 1 aromatic carbocycles. The lowest BCUT2D eigenvalue weighted by atomic mass is 10.2. The molecule has 1 N–H and O–H groups in total. The first-order valence-electron chi connectivity index (χ1n) is 4.97. The van der Waals surface area contributed by atoms with E-state index in [1.807, 2.05) is 24.3 Å². The summed E-state index contributed by atoms with van der Waals surface area (Å²) >= 11 is 6.04. The number of nitrogens with one attached hydrogen (secondary N) is 1. The van der Waals surface area contributed by atoms with Gasteiger partial charge in [-0.25, -0.2) is 0 Å². The molecule has 0 bridgehead atoms. The fraction of sp³-hybridized carbons (Fsp3) is 0.250. The number of fused-ring (bicyclic) bond motifs is 1. The van der Waals surface area contributed by atoms with E-state index in [2.05, 4.69) is 24.1 Å². The molecule has 0 aliphatic rings. The van der Waals surface area contributed by atoms with Crippen molar-refractivity contribution in [2.24, 2.45) is 0 Å². The summed E-state index contributed by atoms with van der Waals surface area (Å²) in [6.07, 6.45) is 1.79. The molecule has 2 rings (SSSR count). The van der Waals surface area contributed by atoms with E-state index < -0.39 is 0 Å². The van der Waals surface area contributed by atoms with Crippen molar-refractivity contribution in [2.75, 3.05) is 5.32 Å². The van der Waals surface area contributed by atoms with Crippen LogP contribution in [0, 0.1) is 0 Å². The SMILES string of the molecule is CC(C)Nc1cc(Cl)cc2cccnc12. The number of halogens is 1. The minimum absolute atomic E-state index is 0.369. The Morgan fingerprint density at radius 2 is 2.13 bits per heavy atom. The lowest BCUT2D eigenvalue weighted by molar-refractivity contribution is 0.901. The molecule has 0 saturated heterocycles. The van der Waals surface area contributed by atoms with Crippen LogP contribution < -0.4 is 5.32 Å². The molecule has 15 heavy (non-hydrogen) atoms. The van der Waals surface area contributed by atoms with Gasteiger partial charge in [0, 0.05) is 22.6 Å². The number of pyridine rings is 1. The van der Waals surface area contributed by atoms with Gasteiger partial charge in [-0.1, -0.05) is 17.7 Å². The van der Waals surface area contributed by atoms with Crippen LogP contribution in [0.15, 0.2) is 30.5 Å². The van der Waals surface area contributed by atoms with E-state index in [4.69, 9.17) is 11.6 Å². The number of benzene rings is 1. The van der Waals surface area contributed by atoms with E-state index in [9.17, 15) is 0 Å². The summed E-state index contributed by atoms with van der Waals surface area (Å²) in [6.45, 7) is 4.19. The molecular formula is C12H13ClN2. The van der Waals surface area contributed by atoms with Gasteiger partial charge >= 0.3 is 0 Å². The van der Waals surface area contributed by atoms with Crippen molar-refractivity contribution < 1.29 is 0 Å². The van der Waals surface area contributed by atoms with Gasteiger partial charge in [-0.05, 0) is 32.0 Å². The van der Waals surface area contributed by atoms with Crippen LogP contribution in [0.4, 0.5) is 5.69 Å². The second-order valence-electron chi connectivity index (χ2n) is 3.83. The summed E-state index contributed by atoms with van der Waals surface area (Å²) in [5.41, 5.74) is 1.96. The summed E-state index contributed by atoms with van der Waals surface area (Å²) in [6, 6.07) is 8.14. The Hall–Kier alpha value is -1.28. The zero-order chi connectivity index (χ0) is 10.8. The van der Waals surface area contributed by atoms with Crippen LogP contribution in [0.3, 0.4) is 0 Å². The van der Waals surface area contributed by atoms with Crippen LogP contribution in [0.25, 0.3) is 10.9 Å². The van der Waals surface area contributed by atoms with Crippen LogP contribution in [0.2, 0.25) is 5.02 Å². The van der Waals surface area contributed by atoms with Crippen molar-refractivity contribution in [3.05, 3.63) is 35.5 Å². The highest BCUT2D eigenvalue weighted by atomic mass is 35.5. The van der Waals surface area contributed by atoms with E-state index in [0.29, 0.717) is 6.04 Å². The summed E-state index contributed by atoms with van der Waals surface area (Å²) in [5.74, 6) is 0. The van der Waals surface area contributed by atoms with Crippen molar-refractivity contribution in [1.29, 1.82) is 0 Å². The fourth-order valence-electron chi connectivity index (χ4n) is 1.58. The maximum atomic E-state index is 6.04. The number of hydrogen-bond acceptors (Lipinski definition) is 2. The van der Waals surface area contributed by atoms with Gasteiger partial charge < -0.3 is 5.32 Å². The van der Waals surface area contributed by atoms with Crippen LogP contribution in [-0.4, -0.2) is 11.0 Å². The maximum Gasteiger partial charge on any atom is 0.0934 e. The second-order valence-corrected chi connectivity index (χ2v) is 4.26. The summed E-state index contributed by atoms with van der Waals surface area (Å²) < 4.78 is 0. The van der Waals surface area contributed by atoms with Crippen molar-refractivity contribution in [3.63, 3.8) is 0 Å². The van der Waals surface area contributed by atoms with Gasteiger partial charge in [0.15, 0.2) is 0 Å². The van der Waals surface area contributed by atoms with Crippen molar-refractivity contribution in [2.45, 2.75) is 19.9 Å². The number of anilines is 1. The molecule has 0 aliphatic heterocycles. The first-order chi connectivity index (χ1) is 7.16. The van der Waals surface area contributed by atoms with Crippen LogP contribution >= 0.6 is 11.6 Å². The third-order valence-corrected chi connectivity index (χ3v) is 2.33. The summed E-state index contributed by atoms with van der Waals surface area (Å²) in [5, 5.41) is 5.14. The first-order valence-corrected chi connectivity index (χ1v) is 5.35. The summed E-state index contributed by atoms with van der Waals surface area (Å²) in [4.78, 5) is 4.35. The normalized spacial score (nSPS) is 10.9. The quantitative estimate of drug-likeness (QED) is 0.835. The fourth-order valence-corrected chi connectivity index (χ4v) is 1.80. The monoisotopic (exact) mass is 220 g/mol. The topological polar surface area (TPSA) is 24.9 Å². The predicted molar refractivity (Wildman–Crippen MR) is 65.5 cm³/mol. The standard InChI is InChI=1S/C12H13ClN2/c1-8(2)15-11-7-10(13)6-9-4-3-5-14-12(9)11/h3-8,15H,1-2H3. The minimum Gasteiger partial charge on any atom is -0.381 e. The van der Waals surface area contributed by atoms with E-state index in [0.717, 1.165) is 21.6 Å². The number of nitrogens with zero attached hydrogens (tertiary/aromatic N) is 1. The van der Waals surface area contributed by atoms with Gasteiger partial charge in [-0.3, -0.25) is 4.98 Å². The molecule has 0 unspecified atom stereocenters. The molecule has 0 aliphatic carbocycles. The Labute approximate surface area is 94.3 Å². The second kappa shape index (κ2) is 4.07. The summed E-state index contributed by atoms with van der Waals surface area (Å²) in [7, 11) is 0. The Morgan fingerprint density at radius 3 is 2.87 bits per heavy atom. The molecule has 2 nitrogen and oxygen atoms in total. The highest BCUT2D eigenvalue weighted by Crippen LogP contribution is 2.26. The lowest BCUT2D eigenvalue weighted by Crippen LogP contribution is -2.10. The van der Waals surface area contributed by atoms with Crippen molar-refractivity contribution in [1.82, 2.24) is 4.98 Å². The Kier molecular flexibility index (Phi) is 2.78. The van der Waals surface area contributed by atoms with Crippen molar-refractivity contribution in [3.8, 4) is 0 Å². The van der Waals surface area contributed by atoms with Gasteiger partial charge in [-0.15, -0.1) is 0 Å². The largest absolute Gasteiger partial charge is 0.381 e. The molecule has 0 saturated carbocycles. The third-order valence-electron chi connectivity index (χ3n) is 2.11. The average Bonchev–Trinajstić information content (AvgIpc) is 2.16. The van der Waals surface area contributed by atoms with Crippen LogP contribution in [0.1, 0.15) is 13.8 Å². The molecule has 0 atom stereocenters. The minimum atomic E-state index is 0.369. The Balaban J connectivity index is 2.60. The molecule has 1 heterocycles. The molecule has 0 fully saturated rings. The Bertz CT molecular complexity index is 480. The molecule has 0 radical (unpaired) electrons. The first kappa shape index (κ1) is 10.2. The highest BCUT2D eigenvalue weighted by molar-refractivity contribution is 6.31. The van der Waals surface area contributed by atoms with E-state index in [1.165, 1.54) is 0 Å². The maximum absolute atomic E-state index is 6.04. The number of aromatic nitrogens is 1. The van der Waals surface area contributed by atoms with Crippen LogP contribution in [0.5, 0.6) is 0 Å². The zero-order valence-electron chi connectivity index (χ0n) is 8.79. The smallest absolute Gasteiger partial charge is 0.0934 e. The molecule has 78 valence electrons. The molecule has 2 aromatic rings. The lowest BCUT2D eigenvalue weighted by Gasteiger charge is -2.12. The number of rotatable bonds is 2. The van der Waals surface area contributed by atoms with Crippen molar-refractivity contribution >= 4 is 28.2 Å². The molecule has 0 amide bonds. The van der Waals surface area contributed by atoms with Gasteiger partial charge in [0.2, 0.25) is 0 Å². The Morgan fingerprint density at radius 1 is 1.33 bits per heavy atom. The van der Waals surface area contributed by atoms with Gasteiger partial charge in [0.25, 0.3) is 0 Å².